The summed E-state index contributed by atoms with van der Waals surface area (Å²) in [7, 11) is -1.66. The average Bonchev–Trinajstić information content (AvgIpc) is 2.40. The normalized spacial score (nSPS) is 19.9. The van der Waals surface area contributed by atoms with Gasteiger partial charge in [-0.25, -0.2) is 0 Å². The van der Waals surface area contributed by atoms with Crippen LogP contribution in [0.3, 0.4) is 0 Å². The minimum Gasteiger partial charge on any atom is -0.396 e. The van der Waals surface area contributed by atoms with E-state index < -0.39 is 10.2 Å². The van der Waals surface area contributed by atoms with Crippen molar-refractivity contribution in [3.8, 4) is 0 Å². The van der Waals surface area contributed by atoms with E-state index in [4.69, 9.17) is 5.11 Å². The van der Waals surface area contributed by atoms with Gasteiger partial charge in [0, 0.05) is 32.8 Å². The van der Waals surface area contributed by atoms with Gasteiger partial charge in [-0.2, -0.15) is 17.0 Å². The number of aliphatic hydroxyl groups is 1. The van der Waals surface area contributed by atoms with Gasteiger partial charge in [-0.1, -0.05) is 13.8 Å². The predicted octanol–water partition coefficient (Wildman–Crippen LogP) is 1.06. The lowest BCUT2D eigenvalue weighted by Gasteiger charge is -2.35. The molecule has 0 aromatic rings. The molecule has 1 heterocycles. The van der Waals surface area contributed by atoms with Crippen LogP contribution < -0.4 is 0 Å². The SMILES string of the molecule is CCC(CC)N(C)S(=O)(=O)N1CCC(CO)CC1. The Labute approximate surface area is 111 Å². The van der Waals surface area contributed by atoms with Crippen molar-refractivity contribution in [1.29, 1.82) is 0 Å². The lowest BCUT2D eigenvalue weighted by atomic mass is 10.00. The predicted molar refractivity (Wildman–Crippen MR) is 72.4 cm³/mol. The first kappa shape index (κ1) is 15.9. The van der Waals surface area contributed by atoms with Crippen LogP contribution in [0, 0.1) is 5.92 Å². The van der Waals surface area contributed by atoms with Crippen molar-refractivity contribution in [1.82, 2.24) is 8.61 Å². The molecule has 0 saturated carbocycles. The third-order valence-corrected chi connectivity index (χ3v) is 6.02. The summed E-state index contributed by atoms with van der Waals surface area (Å²) in [5, 5.41) is 9.08. The third kappa shape index (κ3) is 3.44. The number of rotatable bonds is 6. The molecule has 0 unspecified atom stereocenters. The van der Waals surface area contributed by atoms with Gasteiger partial charge in [-0.3, -0.25) is 0 Å². The van der Waals surface area contributed by atoms with E-state index in [9.17, 15) is 8.42 Å². The molecule has 1 rings (SSSR count). The molecule has 1 saturated heterocycles. The van der Waals surface area contributed by atoms with Crippen molar-refractivity contribution >= 4 is 10.2 Å². The van der Waals surface area contributed by atoms with E-state index in [0.717, 1.165) is 25.7 Å². The molecule has 0 spiro atoms. The summed E-state index contributed by atoms with van der Waals surface area (Å²) in [5.74, 6) is 0.259. The van der Waals surface area contributed by atoms with Gasteiger partial charge in [-0.05, 0) is 31.6 Å². The van der Waals surface area contributed by atoms with Gasteiger partial charge in [0.05, 0.1) is 0 Å². The molecule has 1 fully saturated rings. The van der Waals surface area contributed by atoms with Gasteiger partial charge in [0.2, 0.25) is 0 Å². The molecular weight excluding hydrogens is 252 g/mol. The van der Waals surface area contributed by atoms with Gasteiger partial charge >= 0.3 is 0 Å². The summed E-state index contributed by atoms with van der Waals surface area (Å²) in [5.41, 5.74) is 0. The van der Waals surface area contributed by atoms with Crippen molar-refractivity contribution in [3.63, 3.8) is 0 Å². The number of hydrogen-bond donors (Lipinski definition) is 1. The highest BCUT2D eigenvalue weighted by Gasteiger charge is 2.33. The highest BCUT2D eigenvalue weighted by Crippen LogP contribution is 2.22. The largest absolute Gasteiger partial charge is 0.396 e. The van der Waals surface area contributed by atoms with Crippen LogP contribution in [0.4, 0.5) is 0 Å². The monoisotopic (exact) mass is 278 g/mol. The Bertz CT molecular complexity index is 333. The molecule has 5 nitrogen and oxygen atoms in total. The fourth-order valence-electron chi connectivity index (χ4n) is 2.50. The van der Waals surface area contributed by atoms with Crippen molar-refractivity contribution in [2.24, 2.45) is 5.92 Å². The second-order valence-corrected chi connectivity index (χ2v) is 7.01. The second-order valence-electron chi connectivity index (χ2n) is 5.02. The van der Waals surface area contributed by atoms with E-state index in [-0.39, 0.29) is 18.6 Å². The highest BCUT2D eigenvalue weighted by atomic mass is 32.2. The Kier molecular flexibility index (Phi) is 6.04. The molecule has 1 aliphatic heterocycles. The zero-order valence-corrected chi connectivity index (χ0v) is 12.5. The Balaban J connectivity index is 2.69. The van der Waals surface area contributed by atoms with Crippen molar-refractivity contribution in [3.05, 3.63) is 0 Å². The zero-order chi connectivity index (χ0) is 13.8. The average molecular weight is 278 g/mol. The number of nitrogens with zero attached hydrogens (tertiary/aromatic N) is 2. The van der Waals surface area contributed by atoms with E-state index in [0.29, 0.717) is 13.1 Å². The quantitative estimate of drug-likeness (QED) is 0.790. The molecule has 6 heteroatoms. The van der Waals surface area contributed by atoms with Crippen LogP contribution in [-0.2, 0) is 10.2 Å². The van der Waals surface area contributed by atoms with E-state index in [2.05, 4.69) is 0 Å². The molecule has 0 aromatic heterocycles. The standard InChI is InChI=1S/C12H26N2O3S/c1-4-12(5-2)13(3)18(16,17)14-8-6-11(10-15)7-9-14/h11-12,15H,4-10H2,1-3H3. The molecule has 0 aliphatic carbocycles. The summed E-state index contributed by atoms with van der Waals surface area (Å²) >= 11 is 0. The number of piperidine rings is 1. The van der Waals surface area contributed by atoms with E-state index in [1.54, 1.807) is 11.4 Å². The zero-order valence-electron chi connectivity index (χ0n) is 11.7. The Morgan fingerprint density at radius 2 is 1.78 bits per heavy atom. The topological polar surface area (TPSA) is 60.9 Å². The Hall–Kier alpha value is -0.170. The molecule has 0 radical (unpaired) electrons. The number of aliphatic hydroxyl groups excluding tert-OH is 1. The van der Waals surface area contributed by atoms with Crippen molar-refractivity contribution in [2.75, 3.05) is 26.7 Å². The summed E-state index contributed by atoms with van der Waals surface area (Å²) in [6.07, 6.45) is 3.18. The van der Waals surface area contributed by atoms with Crippen LogP contribution in [0.1, 0.15) is 39.5 Å². The summed E-state index contributed by atoms with van der Waals surface area (Å²) in [6.45, 7) is 5.24. The van der Waals surface area contributed by atoms with Gasteiger partial charge in [0.15, 0.2) is 0 Å². The van der Waals surface area contributed by atoms with Gasteiger partial charge in [-0.15, -0.1) is 0 Å². The maximum atomic E-state index is 12.4. The van der Waals surface area contributed by atoms with Crippen LogP contribution in [0.2, 0.25) is 0 Å². The summed E-state index contributed by atoms with van der Waals surface area (Å²) in [4.78, 5) is 0. The fourth-order valence-corrected chi connectivity index (χ4v) is 4.21. The van der Waals surface area contributed by atoms with Crippen LogP contribution in [0.5, 0.6) is 0 Å². The highest BCUT2D eigenvalue weighted by molar-refractivity contribution is 7.86. The molecular formula is C12H26N2O3S. The first-order valence-electron chi connectivity index (χ1n) is 6.81. The second kappa shape index (κ2) is 6.84. The first-order valence-corrected chi connectivity index (χ1v) is 8.20. The molecule has 1 N–H and O–H groups in total. The van der Waals surface area contributed by atoms with Crippen molar-refractivity contribution < 1.29 is 13.5 Å². The Morgan fingerprint density at radius 3 is 2.17 bits per heavy atom. The van der Waals surface area contributed by atoms with Crippen LogP contribution in [-0.4, -0.2) is 54.9 Å². The number of hydrogen-bond acceptors (Lipinski definition) is 3. The minimum absolute atomic E-state index is 0.0746. The lowest BCUT2D eigenvalue weighted by molar-refractivity contribution is 0.165. The van der Waals surface area contributed by atoms with Crippen LogP contribution in [0.25, 0.3) is 0 Å². The van der Waals surface area contributed by atoms with Gasteiger partial charge in [0.1, 0.15) is 0 Å². The summed E-state index contributed by atoms with van der Waals surface area (Å²) < 4.78 is 27.9. The van der Waals surface area contributed by atoms with Crippen LogP contribution >= 0.6 is 0 Å². The smallest absolute Gasteiger partial charge is 0.281 e. The maximum Gasteiger partial charge on any atom is 0.281 e. The Morgan fingerprint density at radius 1 is 1.28 bits per heavy atom. The van der Waals surface area contributed by atoms with E-state index >= 15 is 0 Å². The van der Waals surface area contributed by atoms with E-state index in [1.165, 1.54) is 4.31 Å². The van der Waals surface area contributed by atoms with Crippen molar-refractivity contribution in [2.45, 2.75) is 45.6 Å². The summed E-state index contributed by atoms with van der Waals surface area (Å²) in [6, 6.07) is 0.0746. The molecule has 0 aromatic carbocycles. The molecule has 108 valence electrons. The molecule has 0 bridgehead atoms. The lowest BCUT2D eigenvalue weighted by Crippen LogP contribution is -2.49. The first-order chi connectivity index (χ1) is 8.47. The van der Waals surface area contributed by atoms with E-state index in [1.807, 2.05) is 13.8 Å². The maximum absolute atomic E-state index is 12.4. The van der Waals surface area contributed by atoms with Gasteiger partial charge in [0.25, 0.3) is 10.2 Å². The fraction of sp³-hybridized carbons (Fsp3) is 1.00. The van der Waals surface area contributed by atoms with Gasteiger partial charge < -0.3 is 5.11 Å². The third-order valence-electron chi connectivity index (χ3n) is 3.98. The minimum atomic E-state index is -3.33. The van der Waals surface area contributed by atoms with Crippen LogP contribution in [0.15, 0.2) is 0 Å². The molecule has 18 heavy (non-hydrogen) atoms. The molecule has 0 atom stereocenters. The molecule has 0 amide bonds. The molecule has 1 aliphatic rings.